The number of halogens is 1. The predicted octanol–water partition coefficient (Wildman–Crippen LogP) is 2.24. The van der Waals surface area contributed by atoms with Gasteiger partial charge in [-0.25, -0.2) is 9.89 Å². The van der Waals surface area contributed by atoms with Crippen molar-refractivity contribution >= 4 is 23.4 Å². The van der Waals surface area contributed by atoms with Gasteiger partial charge in [0.15, 0.2) is 5.16 Å². The molecule has 0 saturated heterocycles. The lowest BCUT2D eigenvalue weighted by molar-refractivity contribution is 0.604. The first-order valence-corrected chi connectivity index (χ1v) is 7.17. The zero-order valence-electron chi connectivity index (χ0n) is 10.5. The molecule has 7 heteroatoms. The molecule has 0 spiro atoms. The van der Waals surface area contributed by atoms with Gasteiger partial charge in [-0.05, 0) is 29.8 Å². The highest BCUT2D eigenvalue weighted by Crippen LogP contribution is 2.34. The van der Waals surface area contributed by atoms with Crippen LogP contribution >= 0.6 is 23.4 Å². The number of nitrogens with one attached hydrogen (secondary N) is 1. The average Bonchev–Trinajstić information content (AvgIpc) is 2.74. The summed E-state index contributed by atoms with van der Waals surface area (Å²) < 4.78 is 1.61. The predicted molar refractivity (Wildman–Crippen MR) is 76.6 cm³/mol. The van der Waals surface area contributed by atoms with Crippen molar-refractivity contribution in [2.45, 2.75) is 36.5 Å². The van der Waals surface area contributed by atoms with Crippen molar-refractivity contribution in [3.63, 3.8) is 0 Å². The number of hydrogen-bond acceptors (Lipinski definition) is 4. The molecular weight excluding hydrogens is 284 g/mol. The zero-order valence-corrected chi connectivity index (χ0v) is 12.1. The Balaban J connectivity index is 2.39. The van der Waals surface area contributed by atoms with Crippen LogP contribution in [0.4, 0.5) is 0 Å². The Morgan fingerprint density at radius 3 is 3.00 bits per heavy atom. The van der Waals surface area contributed by atoms with Gasteiger partial charge in [0.05, 0.1) is 5.02 Å². The van der Waals surface area contributed by atoms with Crippen LogP contribution in [0, 0.1) is 0 Å². The van der Waals surface area contributed by atoms with Crippen LogP contribution in [-0.4, -0.2) is 14.8 Å². The molecule has 1 aromatic heterocycles. The molecule has 102 valence electrons. The Labute approximate surface area is 120 Å². The largest absolute Gasteiger partial charge is 0.343 e. The summed E-state index contributed by atoms with van der Waals surface area (Å²) in [6, 6.07) is 5.58. The maximum atomic E-state index is 11.6. The average molecular weight is 299 g/mol. The van der Waals surface area contributed by atoms with Crippen molar-refractivity contribution in [1.82, 2.24) is 14.8 Å². The molecule has 0 amide bonds. The molecule has 0 unspecified atom stereocenters. The molecule has 0 saturated carbocycles. The van der Waals surface area contributed by atoms with E-state index in [-0.39, 0.29) is 5.69 Å². The number of nitrogens with zero attached hydrogens (tertiary/aromatic N) is 2. The Morgan fingerprint density at radius 2 is 2.32 bits per heavy atom. The third-order valence-corrected chi connectivity index (χ3v) is 4.24. The molecule has 19 heavy (non-hydrogen) atoms. The van der Waals surface area contributed by atoms with Crippen LogP contribution in [-0.2, 0) is 13.1 Å². The van der Waals surface area contributed by atoms with Crippen molar-refractivity contribution in [3.8, 4) is 0 Å². The van der Waals surface area contributed by atoms with Crippen LogP contribution in [0.3, 0.4) is 0 Å². The van der Waals surface area contributed by atoms with Gasteiger partial charge in [0.1, 0.15) is 0 Å². The number of benzene rings is 1. The summed E-state index contributed by atoms with van der Waals surface area (Å²) in [7, 11) is 0. The summed E-state index contributed by atoms with van der Waals surface area (Å²) in [6.07, 6.45) is 0.860. The Hall–Kier alpha value is -1.24. The van der Waals surface area contributed by atoms with E-state index in [9.17, 15) is 4.79 Å². The lowest BCUT2D eigenvalue weighted by atomic mass is 10.2. The molecule has 2 aromatic rings. The summed E-state index contributed by atoms with van der Waals surface area (Å²) in [4.78, 5) is 12.5. The fourth-order valence-corrected chi connectivity index (χ4v) is 3.04. The highest BCUT2D eigenvalue weighted by atomic mass is 35.5. The van der Waals surface area contributed by atoms with Gasteiger partial charge in [-0.1, -0.05) is 30.7 Å². The summed E-state index contributed by atoms with van der Waals surface area (Å²) in [5, 5.41) is 7.72. The lowest BCUT2D eigenvalue weighted by Crippen LogP contribution is -2.17. The maximum Gasteiger partial charge on any atom is 0.343 e. The van der Waals surface area contributed by atoms with Gasteiger partial charge in [-0.3, -0.25) is 4.57 Å². The van der Waals surface area contributed by atoms with Crippen LogP contribution in [0.15, 0.2) is 33.0 Å². The Morgan fingerprint density at radius 1 is 1.53 bits per heavy atom. The zero-order chi connectivity index (χ0) is 13.8. The number of aromatic amines is 1. The topological polar surface area (TPSA) is 76.7 Å². The number of aromatic nitrogens is 3. The van der Waals surface area contributed by atoms with Crippen molar-refractivity contribution in [3.05, 3.63) is 39.3 Å². The van der Waals surface area contributed by atoms with E-state index in [1.54, 1.807) is 10.6 Å². The van der Waals surface area contributed by atoms with Crippen molar-refractivity contribution in [2.75, 3.05) is 0 Å². The van der Waals surface area contributed by atoms with Crippen LogP contribution < -0.4 is 11.4 Å². The fraction of sp³-hybridized carbons (Fsp3) is 0.333. The van der Waals surface area contributed by atoms with Gasteiger partial charge < -0.3 is 5.73 Å². The number of nitrogens with two attached hydrogens (primary N) is 1. The molecule has 0 radical (unpaired) electrons. The first kappa shape index (κ1) is 14.2. The van der Waals surface area contributed by atoms with Gasteiger partial charge in [0, 0.05) is 18.0 Å². The van der Waals surface area contributed by atoms with Crippen LogP contribution in [0.1, 0.15) is 18.9 Å². The minimum absolute atomic E-state index is 0.203. The van der Waals surface area contributed by atoms with E-state index in [4.69, 9.17) is 17.3 Å². The highest BCUT2D eigenvalue weighted by Gasteiger charge is 2.13. The molecule has 1 aromatic carbocycles. The second-order valence-electron chi connectivity index (χ2n) is 4.00. The minimum atomic E-state index is -0.203. The molecule has 2 rings (SSSR count). The Bertz CT molecular complexity index is 622. The van der Waals surface area contributed by atoms with E-state index in [2.05, 4.69) is 10.2 Å². The molecule has 0 fully saturated rings. The summed E-state index contributed by atoms with van der Waals surface area (Å²) in [6.45, 7) is 3.03. The minimum Gasteiger partial charge on any atom is -0.326 e. The molecule has 0 aliphatic carbocycles. The Kier molecular flexibility index (Phi) is 4.68. The van der Waals surface area contributed by atoms with Gasteiger partial charge in [-0.15, -0.1) is 5.10 Å². The standard InChI is InChI=1S/C12H15ClN4OS/c1-2-6-17-11(18)15-16-12(17)19-10-8(7-14)4-3-5-9(10)13/h3-5H,2,6-7,14H2,1H3,(H,15,18). The van der Waals surface area contributed by atoms with Crippen molar-refractivity contribution in [2.24, 2.45) is 5.73 Å². The lowest BCUT2D eigenvalue weighted by Gasteiger charge is -2.09. The first-order valence-electron chi connectivity index (χ1n) is 5.97. The first-order chi connectivity index (χ1) is 9.17. The molecule has 0 aliphatic rings. The van der Waals surface area contributed by atoms with E-state index in [1.807, 2.05) is 19.1 Å². The van der Waals surface area contributed by atoms with Crippen LogP contribution in [0.5, 0.6) is 0 Å². The maximum absolute atomic E-state index is 11.6. The smallest absolute Gasteiger partial charge is 0.326 e. The van der Waals surface area contributed by atoms with Gasteiger partial charge in [0.25, 0.3) is 0 Å². The second kappa shape index (κ2) is 6.27. The normalized spacial score (nSPS) is 10.9. The monoisotopic (exact) mass is 298 g/mol. The molecule has 0 bridgehead atoms. The van der Waals surface area contributed by atoms with Gasteiger partial charge >= 0.3 is 5.69 Å². The third-order valence-electron chi connectivity index (χ3n) is 2.63. The molecule has 0 atom stereocenters. The quantitative estimate of drug-likeness (QED) is 0.887. The van der Waals surface area contributed by atoms with E-state index in [1.165, 1.54) is 11.8 Å². The summed E-state index contributed by atoms with van der Waals surface area (Å²) >= 11 is 7.55. The van der Waals surface area contributed by atoms with Crippen molar-refractivity contribution < 1.29 is 0 Å². The SMILES string of the molecule is CCCn1c(Sc2c(Cl)cccc2CN)n[nH]c1=O. The molecule has 5 nitrogen and oxygen atoms in total. The third kappa shape index (κ3) is 3.02. The molecule has 0 aliphatic heterocycles. The fourth-order valence-electron chi connectivity index (χ4n) is 1.72. The van der Waals surface area contributed by atoms with Crippen molar-refractivity contribution in [1.29, 1.82) is 0 Å². The highest BCUT2D eigenvalue weighted by molar-refractivity contribution is 7.99. The van der Waals surface area contributed by atoms with E-state index < -0.39 is 0 Å². The second-order valence-corrected chi connectivity index (χ2v) is 5.38. The summed E-state index contributed by atoms with van der Waals surface area (Å²) in [5.74, 6) is 0. The van der Waals surface area contributed by atoms with Gasteiger partial charge in [-0.2, -0.15) is 0 Å². The molecular formula is C12H15ClN4OS. The number of rotatable bonds is 5. The van der Waals surface area contributed by atoms with Crippen LogP contribution in [0.25, 0.3) is 0 Å². The van der Waals surface area contributed by atoms with E-state index in [0.29, 0.717) is 23.3 Å². The van der Waals surface area contributed by atoms with Crippen LogP contribution in [0.2, 0.25) is 5.02 Å². The number of hydrogen-bond donors (Lipinski definition) is 2. The molecule has 1 heterocycles. The number of H-pyrrole nitrogens is 1. The van der Waals surface area contributed by atoms with E-state index in [0.717, 1.165) is 16.9 Å². The van der Waals surface area contributed by atoms with E-state index >= 15 is 0 Å². The van der Waals surface area contributed by atoms with Gasteiger partial charge in [0.2, 0.25) is 0 Å². The molecule has 3 N–H and O–H groups in total. The summed E-state index contributed by atoms with van der Waals surface area (Å²) in [5.41, 5.74) is 6.44.